The Bertz CT molecular complexity index is 216. The molecule has 0 heterocycles. The zero-order valence-electron chi connectivity index (χ0n) is 6.76. The van der Waals surface area contributed by atoms with Crippen molar-refractivity contribution in [1.29, 1.82) is 0 Å². The number of nitrogens with one attached hydrogen (secondary N) is 1. The summed E-state index contributed by atoms with van der Waals surface area (Å²) in [6.07, 6.45) is 0. The summed E-state index contributed by atoms with van der Waals surface area (Å²) in [5, 5.41) is 0. The van der Waals surface area contributed by atoms with Gasteiger partial charge in [0.25, 0.3) is 0 Å². The third-order valence-corrected chi connectivity index (χ3v) is 1.90. The molecule has 0 amide bonds. The highest BCUT2D eigenvalue weighted by Crippen LogP contribution is 2.17. The Morgan fingerprint density at radius 2 is 1.73 bits per heavy atom. The largest absolute Gasteiger partial charge is 0.299 e. The lowest BCUT2D eigenvalue weighted by atomic mass is 10.0. The van der Waals surface area contributed by atoms with Crippen molar-refractivity contribution >= 4 is 17.5 Å². The Morgan fingerprint density at radius 3 is 2.09 bits per heavy atom. The average Bonchev–Trinajstić information content (AvgIpc) is 2.05. The normalized spacial score (nSPS) is 10.2. The fraction of sp³-hybridized carbons (Fsp3) is 0.333. The summed E-state index contributed by atoms with van der Waals surface area (Å²) < 4.78 is 0. The Morgan fingerprint density at radius 1 is 1.18 bits per heavy atom. The van der Waals surface area contributed by atoms with E-state index in [1.54, 1.807) is 0 Å². The van der Waals surface area contributed by atoms with Gasteiger partial charge in [0.2, 0.25) is 0 Å². The molecule has 1 nitrogen and oxygen atoms in total. The van der Waals surface area contributed by atoms with Crippen molar-refractivity contribution in [2.24, 2.45) is 0 Å². The van der Waals surface area contributed by atoms with Gasteiger partial charge in [-0.15, -0.1) is 0 Å². The number of halogens is 1. The molecule has 1 rings (SSSR count). The van der Waals surface area contributed by atoms with Gasteiger partial charge in [-0.1, -0.05) is 26.0 Å². The third kappa shape index (κ3) is 2.12. The highest BCUT2D eigenvalue weighted by atomic mass is 35.5. The van der Waals surface area contributed by atoms with Crippen LogP contribution in [0.1, 0.15) is 25.3 Å². The Hall–Kier alpha value is -0.690. The van der Waals surface area contributed by atoms with Crippen LogP contribution >= 0.6 is 11.8 Å². The van der Waals surface area contributed by atoms with Crippen molar-refractivity contribution in [3.63, 3.8) is 0 Å². The molecule has 11 heavy (non-hydrogen) atoms. The quantitative estimate of drug-likeness (QED) is 0.670. The second kappa shape index (κ2) is 3.63. The van der Waals surface area contributed by atoms with E-state index in [4.69, 9.17) is 11.8 Å². The van der Waals surface area contributed by atoms with Crippen LogP contribution < -0.4 is 4.84 Å². The molecule has 0 aromatic heterocycles. The van der Waals surface area contributed by atoms with Crippen LogP contribution in [0.3, 0.4) is 0 Å². The summed E-state index contributed by atoms with van der Waals surface area (Å²) in [5.41, 5.74) is 2.27. The van der Waals surface area contributed by atoms with E-state index in [9.17, 15) is 0 Å². The molecule has 0 aliphatic heterocycles. The van der Waals surface area contributed by atoms with Crippen molar-refractivity contribution in [3.8, 4) is 0 Å². The van der Waals surface area contributed by atoms with E-state index in [-0.39, 0.29) is 0 Å². The van der Waals surface area contributed by atoms with Crippen molar-refractivity contribution in [2.75, 3.05) is 4.84 Å². The molecule has 0 fully saturated rings. The molecule has 0 atom stereocenters. The van der Waals surface area contributed by atoms with Gasteiger partial charge in [0.1, 0.15) is 0 Å². The van der Waals surface area contributed by atoms with Crippen molar-refractivity contribution in [1.82, 2.24) is 0 Å². The number of rotatable bonds is 2. The molecule has 1 aromatic carbocycles. The first-order valence-corrected chi connectivity index (χ1v) is 4.08. The number of hydrogen-bond donors (Lipinski definition) is 1. The van der Waals surface area contributed by atoms with Crippen LogP contribution in [-0.2, 0) is 0 Å². The molecule has 0 aliphatic rings. The molecule has 0 radical (unpaired) electrons. The highest BCUT2D eigenvalue weighted by Gasteiger charge is 1.96. The molecule has 0 unspecified atom stereocenters. The van der Waals surface area contributed by atoms with Gasteiger partial charge in [-0.05, 0) is 23.6 Å². The SMILES string of the molecule is CC(C)c1ccc(NCl)cc1. The van der Waals surface area contributed by atoms with E-state index in [0.29, 0.717) is 5.92 Å². The summed E-state index contributed by atoms with van der Waals surface area (Å²) in [5.74, 6) is 0.583. The molecule has 1 aromatic rings. The lowest BCUT2D eigenvalue weighted by Crippen LogP contribution is -1.86. The fourth-order valence-corrected chi connectivity index (χ4v) is 1.06. The van der Waals surface area contributed by atoms with Gasteiger partial charge in [0.15, 0.2) is 0 Å². The molecule has 0 saturated heterocycles. The van der Waals surface area contributed by atoms with E-state index < -0.39 is 0 Å². The van der Waals surface area contributed by atoms with Crippen LogP contribution in [0, 0.1) is 0 Å². The van der Waals surface area contributed by atoms with Crippen LogP contribution in [0.5, 0.6) is 0 Å². The summed E-state index contributed by atoms with van der Waals surface area (Å²) in [7, 11) is 0. The highest BCUT2D eigenvalue weighted by molar-refractivity contribution is 6.23. The topological polar surface area (TPSA) is 12.0 Å². The van der Waals surface area contributed by atoms with Crippen molar-refractivity contribution in [3.05, 3.63) is 29.8 Å². The van der Waals surface area contributed by atoms with Gasteiger partial charge >= 0.3 is 0 Å². The maximum absolute atomic E-state index is 5.41. The molecule has 1 N–H and O–H groups in total. The number of hydrogen-bond acceptors (Lipinski definition) is 1. The van der Waals surface area contributed by atoms with Crippen LogP contribution in [0.15, 0.2) is 24.3 Å². The zero-order valence-corrected chi connectivity index (χ0v) is 7.52. The smallest absolute Gasteiger partial charge is 0.0491 e. The van der Waals surface area contributed by atoms with Crippen molar-refractivity contribution in [2.45, 2.75) is 19.8 Å². The lowest BCUT2D eigenvalue weighted by Gasteiger charge is -2.04. The van der Waals surface area contributed by atoms with E-state index in [2.05, 4.69) is 30.8 Å². The molecule has 2 heteroatoms. The Labute approximate surface area is 72.5 Å². The van der Waals surface area contributed by atoms with E-state index >= 15 is 0 Å². The van der Waals surface area contributed by atoms with Gasteiger partial charge in [-0.3, -0.25) is 4.84 Å². The molecule has 60 valence electrons. The van der Waals surface area contributed by atoms with Gasteiger partial charge in [0.05, 0.1) is 0 Å². The number of anilines is 1. The Balaban J connectivity index is 2.83. The van der Waals surface area contributed by atoms with Crippen molar-refractivity contribution < 1.29 is 0 Å². The van der Waals surface area contributed by atoms with Gasteiger partial charge in [-0.25, -0.2) is 0 Å². The average molecular weight is 170 g/mol. The summed E-state index contributed by atoms with van der Waals surface area (Å²) in [4.78, 5) is 2.57. The summed E-state index contributed by atoms with van der Waals surface area (Å²) in [6, 6.07) is 8.11. The zero-order chi connectivity index (χ0) is 8.27. The van der Waals surface area contributed by atoms with E-state index in [0.717, 1.165) is 5.69 Å². The molecule has 0 aliphatic carbocycles. The minimum absolute atomic E-state index is 0.583. The standard InChI is InChI=1S/C9H12ClN/c1-7(2)8-3-5-9(11-10)6-4-8/h3-7,11H,1-2H3. The predicted molar refractivity (Wildman–Crippen MR) is 50.0 cm³/mol. The monoisotopic (exact) mass is 169 g/mol. The van der Waals surface area contributed by atoms with Crippen LogP contribution in [-0.4, -0.2) is 0 Å². The first kappa shape index (κ1) is 8.41. The van der Waals surface area contributed by atoms with Gasteiger partial charge in [-0.2, -0.15) is 0 Å². The maximum atomic E-state index is 5.41. The van der Waals surface area contributed by atoms with E-state index in [1.807, 2.05) is 12.1 Å². The second-order valence-electron chi connectivity index (χ2n) is 2.87. The first-order valence-electron chi connectivity index (χ1n) is 3.70. The van der Waals surface area contributed by atoms with Gasteiger partial charge < -0.3 is 0 Å². The molecular formula is C9H12ClN. The van der Waals surface area contributed by atoms with Crippen LogP contribution in [0.2, 0.25) is 0 Å². The predicted octanol–water partition coefficient (Wildman–Crippen LogP) is 3.38. The molecule has 0 saturated carbocycles. The van der Waals surface area contributed by atoms with E-state index in [1.165, 1.54) is 5.56 Å². The number of benzene rings is 1. The van der Waals surface area contributed by atoms with Crippen LogP contribution in [0.25, 0.3) is 0 Å². The van der Waals surface area contributed by atoms with Gasteiger partial charge in [0, 0.05) is 17.5 Å². The summed E-state index contributed by atoms with van der Waals surface area (Å²) in [6.45, 7) is 4.34. The lowest BCUT2D eigenvalue weighted by molar-refractivity contribution is 0.867. The fourth-order valence-electron chi connectivity index (χ4n) is 0.931. The third-order valence-electron chi connectivity index (χ3n) is 1.69. The molecule has 0 spiro atoms. The van der Waals surface area contributed by atoms with Crippen LogP contribution in [0.4, 0.5) is 5.69 Å². The molecule has 0 bridgehead atoms. The Kier molecular flexibility index (Phi) is 2.77. The first-order chi connectivity index (χ1) is 5.24. The minimum Gasteiger partial charge on any atom is -0.299 e. The maximum Gasteiger partial charge on any atom is 0.0491 e. The summed E-state index contributed by atoms with van der Waals surface area (Å²) >= 11 is 5.41. The minimum atomic E-state index is 0.583. The second-order valence-corrected chi connectivity index (χ2v) is 3.06. The molecular weight excluding hydrogens is 158 g/mol.